The third-order valence-corrected chi connectivity index (χ3v) is 1.53. The normalized spacial score (nSPS) is 15.0. The molecule has 0 amide bonds. The second-order valence-electron chi connectivity index (χ2n) is 1.71. The molecule has 1 nitrogen and oxygen atoms in total. The van der Waals surface area contributed by atoms with Crippen LogP contribution in [0, 0.1) is 0 Å². The molecule has 0 fully saturated rings. The molecule has 0 bridgehead atoms. The Bertz CT molecular complexity index is 45.3. The van der Waals surface area contributed by atoms with Crippen LogP contribution >= 0.6 is 12.6 Å². The highest BCUT2D eigenvalue weighted by Crippen LogP contribution is 1.96. The van der Waals surface area contributed by atoms with E-state index >= 15 is 0 Å². The summed E-state index contributed by atoms with van der Waals surface area (Å²) >= 11 is 4.20. The van der Waals surface area contributed by atoms with Gasteiger partial charge in [0.1, 0.15) is 0 Å². The van der Waals surface area contributed by atoms with Gasteiger partial charge in [-0.05, 0) is 20.5 Å². The number of hydrogen-bond donors (Lipinski definition) is 1. The number of nitrogens with zero attached hydrogens (tertiary/aromatic N) is 1. The lowest BCUT2D eigenvalue weighted by molar-refractivity contribution is 0.348. The van der Waals surface area contributed by atoms with Crippen LogP contribution in [0.3, 0.4) is 0 Å². The van der Waals surface area contributed by atoms with Gasteiger partial charge < -0.3 is 0 Å². The van der Waals surface area contributed by atoms with Gasteiger partial charge in [-0.3, -0.25) is 4.90 Å². The smallest absolute Gasteiger partial charge is 0.0496 e. The first-order valence-corrected chi connectivity index (χ1v) is 3.08. The zero-order chi connectivity index (χ0) is 5.86. The maximum absolute atomic E-state index is 4.20. The van der Waals surface area contributed by atoms with Gasteiger partial charge in [-0.25, -0.2) is 0 Å². The van der Waals surface area contributed by atoms with Crippen LogP contribution in [0.15, 0.2) is 0 Å². The molecule has 1 unspecified atom stereocenters. The minimum atomic E-state index is 0.394. The zero-order valence-electron chi connectivity index (χ0n) is 5.18. The van der Waals surface area contributed by atoms with Gasteiger partial charge in [0.2, 0.25) is 0 Å². The predicted molar refractivity (Wildman–Crippen MR) is 36.8 cm³/mol. The van der Waals surface area contributed by atoms with Crippen LogP contribution in [-0.2, 0) is 0 Å². The van der Waals surface area contributed by atoms with Crippen molar-refractivity contribution >= 4 is 12.6 Å². The second-order valence-corrected chi connectivity index (χ2v) is 2.45. The van der Waals surface area contributed by atoms with Crippen molar-refractivity contribution in [3.8, 4) is 0 Å². The number of thiol groups is 1. The summed E-state index contributed by atoms with van der Waals surface area (Å²) in [7, 11) is 2.05. The third kappa shape index (κ3) is 2.94. The van der Waals surface area contributed by atoms with Gasteiger partial charge in [-0.1, -0.05) is 6.92 Å². The van der Waals surface area contributed by atoms with Crippen LogP contribution in [-0.4, -0.2) is 23.9 Å². The molecule has 0 saturated heterocycles. The molecule has 0 spiro atoms. The maximum atomic E-state index is 4.20. The minimum absolute atomic E-state index is 0.394. The van der Waals surface area contributed by atoms with Gasteiger partial charge in [-0.15, -0.1) is 0 Å². The summed E-state index contributed by atoms with van der Waals surface area (Å²) in [4.78, 5) is 2.16. The average molecular weight is 119 g/mol. The Hall–Kier alpha value is 0.310. The average Bonchev–Trinajstić information content (AvgIpc) is 1.65. The Morgan fingerprint density at radius 1 is 1.71 bits per heavy atom. The Morgan fingerprint density at radius 3 is 2.14 bits per heavy atom. The van der Waals surface area contributed by atoms with Crippen LogP contribution in [0.4, 0.5) is 0 Å². The van der Waals surface area contributed by atoms with Gasteiger partial charge in [-0.2, -0.15) is 12.6 Å². The van der Waals surface area contributed by atoms with Crippen molar-refractivity contribution in [1.82, 2.24) is 4.90 Å². The van der Waals surface area contributed by atoms with Gasteiger partial charge in [0, 0.05) is 5.37 Å². The van der Waals surface area contributed by atoms with E-state index in [1.165, 1.54) is 0 Å². The lowest BCUT2D eigenvalue weighted by Crippen LogP contribution is -2.23. The standard InChI is InChI=1S/C5H13NS/c1-4-6(3)5(2)7/h5,7H,4H2,1-3H3. The summed E-state index contributed by atoms with van der Waals surface area (Å²) in [5.41, 5.74) is 0. The highest BCUT2D eigenvalue weighted by molar-refractivity contribution is 7.80. The van der Waals surface area contributed by atoms with Crippen molar-refractivity contribution < 1.29 is 0 Å². The van der Waals surface area contributed by atoms with Crippen molar-refractivity contribution in [3.63, 3.8) is 0 Å². The van der Waals surface area contributed by atoms with Gasteiger partial charge in [0.05, 0.1) is 0 Å². The second kappa shape index (κ2) is 3.33. The molecule has 0 aromatic heterocycles. The van der Waals surface area contributed by atoms with E-state index in [-0.39, 0.29) is 0 Å². The van der Waals surface area contributed by atoms with E-state index in [0.29, 0.717) is 5.37 Å². The minimum Gasteiger partial charge on any atom is -0.295 e. The van der Waals surface area contributed by atoms with Crippen molar-refractivity contribution in [3.05, 3.63) is 0 Å². The predicted octanol–water partition coefficient (Wildman–Crippen LogP) is 1.21. The summed E-state index contributed by atoms with van der Waals surface area (Å²) in [6.07, 6.45) is 0. The van der Waals surface area contributed by atoms with Crippen molar-refractivity contribution in [2.75, 3.05) is 13.6 Å². The molecule has 0 rings (SSSR count). The lowest BCUT2D eigenvalue weighted by Gasteiger charge is -2.16. The first kappa shape index (κ1) is 7.31. The molecule has 0 heterocycles. The fourth-order valence-corrected chi connectivity index (χ4v) is 0.428. The summed E-state index contributed by atoms with van der Waals surface area (Å²) in [6, 6.07) is 0. The van der Waals surface area contributed by atoms with Gasteiger partial charge >= 0.3 is 0 Å². The fraction of sp³-hybridized carbons (Fsp3) is 1.00. The zero-order valence-corrected chi connectivity index (χ0v) is 6.07. The van der Waals surface area contributed by atoms with Crippen LogP contribution in [0.5, 0.6) is 0 Å². The Morgan fingerprint density at radius 2 is 2.14 bits per heavy atom. The Kier molecular flexibility index (Phi) is 3.48. The van der Waals surface area contributed by atoms with E-state index in [2.05, 4.69) is 38.4 Å². The molecule has 0 aliphatic rings. The molecule has 0 aliphatic heterocycles. The highest BCUT2D eigenvalue weighted by atomic mass is 32.1. The number of hydrogen-bond acceptors (Lipinski definition) is 2. The van der Waals surface area contributed by atoms with E-state index in [9.17, 15) is 0 Å². The molecule has 0 N–H and O–H groups in total. The molecule has 0 aliphatic carbocycles. The fourth-order valence-electron chi connectivity index (χ4n) is 0.264. The molecule has 2 heteroatoms. The van der Waals surface area contributed by atoms with Crippen LogP contribution in [0.25, 0.3) is 0 Å². The SMILES string of the molecule is CCN(C)C(C)S. The van der Waals surface area contributed by atoms with Crippen LogP contribution in [0.1, 0.15) is 13.8 Å². The molecule has 7 heavy (non-hydrogen) atoms. The lowest BCUT2D eigenvalue weighted by atomic mass is 10.6. The van der Waals surface area contributed by atoms with Gasteiger partial charge in [0.15, 0.2) is 0 Å². The highest BCUT2D eigenvalue weighted by Gasteiger charge is 1.96. The Labute approximate surface area is 51.1 Å². The van der Waals surface area contributed by atoms with Crippen molar-refractivity contribution in [2.24, 2.45) is 0 Å². The molecule has 44 valence electrons. The van der Waals surface area contributed by atoms with E-state index in [4.69, 9.17) is 0 Å². The first-order valence-electron chi connectivity index (χ1n) is 2.56. The quantitative estimate of drug-likeness (QED) is 0.422. The third-order valence-electron chi connectivity index (χ3n) is 1.14. The largest absolute Gasteiger partial charge is 0.295 e. The summed E-state index contributed by atoms with van der Waals surface area (Å²) in [5, 5.41) is 0.394. The molecule has 0 saturated carbocycles. The molecular weight excluding hydrogens is 106 g/mol. The van der Waals surface area contributed by atoms with Crippen molar-refractivity contribution in [1.29, 1.82) is 0 Å². The van der Waals surface area contributed by atoms with Crippen LogP contribution in [0.2, 0.25) is 0 Å². The molecule has 1 atom stereocenters. The first-order chi connectivity index (χ1) is 3.18. The van der Waals surface area contributed by atoms with E-state index in [1.807, 2.05) is 0 Å². The van der Waals surface area contributed by atoms with E-state index in [1.54, 1.807) is 0 Å². The number of rotatable bonds is 2. The van der Waals surface area contributed by atoms with E-state index in [0.717, 1.165) is 6.54 Å². The van der Waals surface area contributed by atoms with Gasteiger partial charge in [0.25, 0.3) is 0 Å². The molecule has 0 aromatic rings. The topological polar surface area (TPSA) is 3.24 Å². The Balaban J connectivity index is 3.14. The van der Waals surface area contributed by atoms with Crippen molar-refractivity contribution in [2.45, 2.75) is 19.2 Å². The van der Waals surface area contributed by atoms with E-state index < -0.39 is 0 Å². The molecular formula is C5H13NS. The monoisotopic (exact) mass is 119 g/mol. The summed E-state index contributed by atoms with van der Waals surface area (Å²) < 4.78 is 0. The summed E-state index contributed by atoms with van der Waals surface area (Å²) in [5.74, 6) is 0. The van der Waals surface area contributed by atoms with Crippen LogP contribution < -0.4 is 0 Å². The molecule has 0 radical (unpaired) electrons. The molecule has 0 aromatic carbocycles. The summed E-state index contributed by atoms with van der Waals surface area (Å²) in [6.45, 7) is 5.25. The maximum Gasteiger partial charge on any atom is 0.0496 e.